The molecule has 5 rings (SSSR count). The highest BCUT2D eigenvalue weighted by atomic mass is 19.1. The van der Waals surface area contributed by atoms with Crippen molar-refractivity contribution in [3.05, 3.63) is 64.7 Å². The minimum absolute atomic E-state index is 0.0561. The van der Waals surface area contributed by atoms with E-state index < -0.39 is 11.4 Å². The number of H-pyrrole nitrogens is 1. The van der Waals surface area contributed by atoms with E-state index in [4.69, 9.17) is 0 Å². The van der Waals surface area contributed by atoms with Crippen LogP contribution in [0.1, 0.15) is 25.7 Å². The zero-order valence-electron chi connectivity index (χ0n) is 16.5. The number of carbonyl (C=O) groups is 2. The number of nitrogens with one attached hydrogen (secondary N) is 1. The Balaban J connectivity index is 1.55. The summed E-state index contributed by atoms with van der Waals surface area (Å²) in [6, 6.07) is 12.2. The number of rotatable bonds is 3. The van der Waals surface area contributed by atoms with Gasteiger partial charge in [-0.15, -0.1) is 10.2 Å². The van der Waals surface area contributed by atoms with Crippen LogP contribution in [-0.4, -0.2) is 27.0 Å². The normalized spacial score (nSPS) is 20.7. The summed E-state index contributed by atoms with van der Waals surface area (Å²) in [6.45, 7) is 0. The van der Waals surface area contributed by atoms with Gasteiger partial charge in [-0.3, -0.25) is 14.4 Å². The number of anilines is 1. The predicted octanol–water partition coefficient (Wildman–Crippen LogP) is 3.32. The molecular weight excluding hydrogens is 399 g/mol. The molecule has 31 heavy (non-hydrogen) atoms. The van der Waals surface area contributed by atoms with E-state index in [2.05, 4.69) is 15.2 Å². The van der Waals surface area contributed by atoms with Crippen LogP contribution in [0, 0.1) is 17.7 Å². The van der Waals surface area contributed by atoms with Crippen molar-refractivity contribution in [3.8, 4) is 22.6 Å². The lowest BCUT2D eigenvalue weighted by molar-refractivity contribution is -0.122. The third kappa shape index (κ3) is 3.24. The highest BCUT2D eigenvalue weighted by molar-refractivity contribution is 6.23. The number of benzene rings is 2. The summed E-state index contributed by atoms with van der Waals surface area (Å²) < 4.78 is 13.2. The van der Waals surface area contributed by atoms with Crippen LogP contribution in [0.3, 0.4) is 0 Å². The van der Waals surface area contributed by atoms with Crippen LogP contribution in [0.5, 0.6) is 0 Å². The van der Waals surface area contributed by atoms with E-state index in [1.165, 1.54) is 29.2 Å². The van der Waals surface area contributed by atoms with E-state index in [9.17, 15) is 18.8 Å². The van der Waals surface area contributed by atoms with Crippen molar-refractivity contribution in [2.45, 2.75) is 25.7 Å². The maximum absolute atomic E-state index is 13.2. The number of fused-ring (bicyclic) bond motifs is 1. The number of para-hydroxylation sites is 1. The Bertz CT molecular complexity index is 1210. The van der Waals surface area contributed by atoms with E-state index in [1.807, 2.05) is 0 Å². The molecule has 0 radical (unpaired) electrons. The largest absolute Gasteiger partial charge is 0.303 e. The zero-order valence-corrected chi connectivity index (χ0v) is 16.5. The van der Waals surface area contributed by atoms with E-state index in [-0.39, 0.29) is 35.2 Å². The first-order valence-electron chi connectivity index (χ1n) is 10.2. The fourth-order valence-electron chi connectivity index (χ4n) is 4.52. The molecule has 2 aromatic carbocycles. The Hall–Kier alpha value is -3.68. The summed E-state index contributed by atoms with van der Waals surface area (Å²) in [6.07, 6.45) is 3.33. The van der Waals surface area contributed by atoms with Crippen molar-refractivity contribution >= 4 is 17.5 Å². The smallest absolute Gasteiger partial charge is 0.278 e. The van der Waals surface area contributed by atoms with Crippen LogP contribution in [-0.2, 0) is 9.59 Å². The molecule has 1 aromatic heterocycles. The lowest BCUT2D eigenvalue weighted by atomic mass is 9.81. The van der Waals surface area contributed by atoms with Crippen molar-refractivity contribution in [2.75, 3.05) is 4.90 Å². The fourth-order valence-corrected chi connectivity index (χ4v) is 4.52. The molecule has 1 saturated carbocycles. The molecule has 1 N–H and O–H groups in total. The second-order valence-corrected chi connectivity index (χ2v) is 7.88. The first kappa shape index (κ1) is 19.3. The number of imide groups is 1. The average Bonchev–Trinajstić information content (AvgIpc) is 3.05. The SMILES string of the molecule is O=C1[C@H]2CCCC[C@H]2C(=O)N1c1ccccc1-c1nnc(-c2ccc(F)cc2)c(=O)[nH]1. The van der Waals surface area contributed by atoms with Gasteiger partial charge in [-0.2, -0.15) is 0 Å². The molecular formula is C23H19FN4O3. The van der Waals surface area contributed by atoms with Crippen LogP contribution in [0.4, 0.5) is 10.1 Å². The molecule has 156 valence electrons. The van der Waals surface area contributed by atoms with Crippen LogP contribution >= 0.6 is 0 Å². The molecule has 3 aromatic rings. The summed E-state index contributed by atoms with van der Waals surface area (Å²) in [7, 11) is 0. The van der Waals surface area contributed by atoms with Gasteiger partial charge < -0.3 is 4.98 Å². The van der Waals surface area contributed by atoms with Gasteiger partial charge in [0.05, 0.1) is 17.5 Å². The van der Waals surface area contributed by atoms with E-state index in [1.54, 1.807) is 24.3 Å². The van der Waals surface area contributed by atoms with E-state index in [0.717, 1.165) is 25.7 Å². The van der Waals surface area contributed by atoms with Crippen LogP contribution in [0.2, 0.25) is 0 Å². The summed E-state index contributed by atoms with van der Waals surface area (Å²) in [5.41, 5.74) is 0.827. The van der Waals surface area contributed by atoms with E-state index >= 15 is 0 Å². The van der Waals surface area contributed by atoms with Crippen molar-refractivity contribution in [1.82, 2.24) is 15.2 Å². The Kier molecular flexibility index (Phi) is 4.69. The molecule has 2 amide bonds. The molecule has 2 fully saturated rings. The summed E-state index contributed by atoms with van der Waals surface area (Å²) in [5.74, 6) is -1.21. The van der Waals surface area contributed by atoms with Gasteiger partial charge in [0.25, 0.3) is 5.56 Å². The number of aromatic nitrogens is 3. The van der Waals surface area contributed by atoms with Gasteiger partial charge in [0.2, 0.25) is 11.8 Å². The molecule has 0 spiro atoms. The van der Waals surface area contributed by atoms with Gasteiger partial charge in [-0.05, 0) is 49.2 Å². The maximum atomic E-state index is 13.2. The number of hydrogen-bond acceptors (Lipinski definition) is 5. The molecule has 1 aliphatic heterocycles. The number of halogens is 1. The molecule has 7 nitrogen and oxygen atoms in total. The molecule has 0 bridgehead atoms. The quantitative estimate of drug-likeness (QED) is 0.659. The Morgan fingerprint density at radius 1 is 0.871 bits per heavy atom. The monoisotopic (exact) mass is 418 g/mol. The van der Waals surface area contributed by atoms with Crippen molar-refractivity contribution in [2.24, 2.45) is 11.8 Å². The fraction of sp³-hybridized carbons (Fsp3) is 0.261. The van der Waals surface area contributed by atoms with Gasteiger partial charge in [-0.25, -0.2) is 9.29 Å². The first-order chi connectivity index (χ1) is 15.0. The van der Waals surface area contributed by atoms with Gasteiger partial charge in [-0.1, -0.05) is 25.0 Å². The molecule has 0 unspecified atom stereocenters. The van der Waals surface area contributed by atoms with Gasteiger partial charge >= 0.3 is 0 Å². The zero-order chi connectivity index (χ0) is 21.5. The van der Waals surface area contributed by atoms with Crippen molar-refractivity contribution in [3.63, 3.8) is 0 Å². The van der Waals surface area contributed by atoms with Crippen LogP contribution in [0.15, 0.2) is 53.3 Å². The molecule has 2 heterocycles. The van der Waals surface area contributed by atoms with Gasteiger partial charge in [0.1, 0.15) is 5.82 Å². The number of carbonyl (C=O) groups excluding carboxylic acids is 2. The lowest BCUT2D eigenvalue weighted by Gasteiger charge is -2.19. The third-order valence-corrected chi connectivity index (χ3v) is 6.06. The number of hydrogen-bond donors (Lipinski definition) is 1. The summed E-state index contributed by atoms with van der Waals surface area (Å²) in [4.78, 5) is 42.7. The third-order valence-electron chi connectivity index (χ3n) is 6.06. The van der Waals surface area contributed by atoms with Gasteiger partial charge in [0, 0.05) is 11.1 Å². The van der Waals surface area contributed by atoms with Crippen molar-refractivity contribution in [1.29, 1.82) is 0 Å². The highest BCUT2D eigenvalue weighted by Crippen LogP contribution is 2.42. The number of aromatic amines is 1. The molecule has 8 heteroatoms. The molecule has 2 aliphatic rings. The maximum Gasteiger partial charge on any atom is 0.278 e. The van der Waals surface area contributed by atoms with Crippen LogP contribution < -0.4 is 10.5 Å². The predicted molar refractivity (Wildman–Crippen MR) is 111 cm³/mol. The second kappa shape index (κ2) is 7.54. The molecule has 1 saturated heterocycles. The molecule has 2 atom stereocenters. The topological polar surface area (TPSA) is 96.0 Å². The highest BCUT2D eigenvalue weighted by Gasteiger charge is 2.49. The van der Waals surface area contributed by atoms with E-state index in [0.29, 0.717) is 16.8 Å². The average molecular weight is 418 g/mol. The summed E-state index contributed by atoms with van der Waals surface area (Å²) in [5, 5.41) is 8.16. The van der Waals surface area contributed by atoms with Crippen LogP contribution in [0.25, 0.3) is 22.6 Å². The van der Waals surface area contributed by atoms with Gasteiger partial charge in [0.15, 0.2) is 11.5 Å². The number of nitrogens with zero attached hydrogens (tertiary/aromatic N) is 3. The molecule has 1 aliphatic carbocycles. The standard InChI is InChI=1S/C23H19FN4O3/c24-14-11-9-13(10-12-14)19-21(29)25-20(27-26-19)17-7-3-4-8-18(17)28-22(30)15-5-1-2-6-16(15)23(28)31/h3-4,7-12,15-16H,1-2,5-6H2,(H,25,27,29)/t15-,16+. The minimum atomic E-state index is -0.501. The Labute approximate surface area is 176 Å². The Morgan fingerprint density at radius 2 is 1.52 bits per heavy atom. The minimum Gasteiger partial charge on any atom is -0.303 e. The number of amides is 2. The Morgan fingerprint density at radius 3 is 2.16 bits per heavy atom. The first-order valence-corrected chi connectivity index (χ1v) is 10.2. The second-order valence-electron chi connectivity index (χ2n) is 7.88. The lowest BCUT2D eigenvalue weighted by Crippen LogP contribution is -2.31. The summed E-state index contributed by atoms with van der Waals surface area (Å²) >= 11 is 0. The van der Waals surface area contributed by atoms with Crippen molar-refractivity contribution < 1.29 is 14.0 Å².